The summed E-state index contributed by atoms with van der Waals surface area (Å²) in [6.07, 6.45) is 3.82. The molecule has 1 aliphatic heterocycles. The molecule has 0 saturated heterocycles. The van der Waals surface area contributed by atoms with E-state index in [-0.39, 0.29) is 78.7 Å². The average Bonchev–Trinajstić information content (AvgIpc) is 4.48. The van der Waals surface area contributed by atoms with Crippen molar-refractivity contribution in [1.29, 1.82) is 0 Å². The first kappa shape index (κ1) is 77.2. The standard InChI is InChI=1S/C14H16N2O2.C14H18N2.C13H14N2O3.C12H14N2O.C7H10N2.C7H12O3.CO2.Na/c1-3-18-14(17)13-9-11(2)16(15-13)10-12-7-5-4-6-8-12;1-3-7-14-10-12(2)16(15-14)11-13-8-5-4-6-9-13;1-2-18-13(17)11-8-12(16)15(14-11)9-10-6-4-3-5-7-10;1-10-7-12(9-15)13-14(10)8-11-5-3-2-4-6-11;8-9-6-7-4-2-1-3-5-7;1-3-6(8)5-7(9)10-4-2;2-1-3;/h4-9H,3,10H2,1-2H3;4-6,8-10H,3,7,11H2,1-2H3;3-7H,2,8-9H2,1H3;2-7,15H,8-9H2,1H3;1-5,9H,6,8H2;5,8H,3-4H2,1-2H3;;/q;;;;;;;+1/p-1/b;;;;;6-5-;;. The molecule has 0 saturated carbocycles. The minimum Gasteiger partial charge on any atom is -0.875 e. The number of esters is 3. The molecule has 1 amide bonds. The van der Waals surface area contributed by atoms with E-state index >= 15 is 0 Å². The molecule has 21 nitrogen and oxygen atoms in total. The van der Waals surface area contributed by atoms with E-state index in [0.29, 0.717) is 38.4 Å². The van der Waals surface area contributed by atoms with Gasteiger partial charge in [-0.15, -0.1) is 5.76 Å². The zero-order valence-corrected chi connectivity index (χ0v) is 55.1. The van der Waals surface area contributed by atoms with Gasteiger partial charge in [0.15, 0.2) is 11.4 Å². The summed E-state index contributed by atoms with van der Waals surface area (Å²) in [6.45, 7) is 19.5. The third-order valence-electron chi connectivity index (χ3n) is 12.3. The van der Waals surface area contributed by atoms with Crippen LogP contribution >= 0.6 is 0 Å². The fraction of sp³-hybridized carbons (Fsp3) is 0.309. The van der Waals surface area contributed by atoms with Crippen LogP contribution in [0.4, 0.5) is 0 Å². The topological polar surface area (TPSA) is 281 Å². The van der Waals surface area contributed by atoms with Gasteiger partial charge in [-0.3, -0.25) is 30.1 Å². The first-order valence-corrected chi connectivity index (χ1v) is 29.2. The average molecular weight is 1240 g/mol. The first-order chi connectivity index (χ1) is 43.0. The van der Waals surface area contributed by atoms with Gasteiger partial charge in [-0.25, -0.2) is 19.4 Å². The molecule has 22 heteroatoms. The quantitative estimate of drug-likeness (QED) is 0.0151. The van der Waals surface area contributed by atoms with E-state index in [9.17, 15) is 24.3 Å². The second kappa shape index (κ2) is 45.4. The van der Waals surface area contributed by atoms with Crippen molar-refractivity contribution in [1.82, 2.24) is 39.8 Å². The van der Waals surface area contributed by atoms with Crippen LogP contribution in [0.25, 0.3) is 0 Å². The number of carbonyl (C=O) groups is 4. The van der Waals surface area contributed by atoms with Crippen LogP contribution in [0.1, 0.15) is 121 Å². The van der Waals surface area contributed by atoms with Crippen molar-refractivity contribution in [3.8, 4) is 0 Å². The number of nitrogens with one attached hydrogen (secondary N) is 1. The van der Waals surface area contributed by atoms with Crippen LogP contribution in [0.2, 0.25) is 0 Å². The summed E-state index contributed by atoms with van der Waals surface area (Å²) in [5.41, 5.74) is 14.2. The zero-order chi connectivity index (χ0) is 65.2. The van der Waals surface area contributed by atoms with Gasteiger partial charge in [0.25, 0.3) is 0 Å². The monoisotopic (exact) mass is 1240 g/mol. The number of hydrogen-bond donors (Lipinski definition) is 3. The molecule has 472 valence electrons. The number of hydrazine groups is 1. The summed E-state index contributed by atoms with van der Waals surface area (Å²) in [7, 11) is 0. The van der Waals surface area contributed by atoms with E-state index < -0.39 is 11.9 Å². The molecule has 3 aromatic heterocycles. The SMILES string of the molecule is CCCc1cc(C)n(Cc2ccccc2)n1.CCOC(=O)/C=C(\[O-])CC.CCOC(=O)C1=NN(Cc2ccccc2)C(=O)C1.CCOC(=O)c1cc(C)n(Cc2ccccc2)n1.Cc1cc(CO)nn1Cc1ccccc1.NNCc1ccccc1.O=C=O.[Na+]. The maximum atomic E-state index is 11.7. The van der Waals surface area contributed by atoms with Gasteiger partial charge in [0.05, 0.1) is 70.4 Å². The molecule has 0 aliphatic carbocycles. The maximum Gasteiger partial charge on any atom is 1.00 e. The molecule has 8 aromatic rings. The number of aliphatic hydroxyl groups is 1. The van der Waals surface area contributed by atoms with Gasteiger partial charge >= 0.3 is 53.6 Å². The zero-order valence-electron chi connectivity index (χ0n) is 53.1. The van der Waals surface area contributed by atoms with E-state index in [0.717, 1.165) is 66.8 Å². The van der Waals surface area contributed by atoms with E-state index in [4.69, 9.17) is 30.0 Å². The first-order valence-electron chi connectivity index (χ1n) is 29.2. The van der Waals surface area contributed by atoms with Crippen molar-refractivity contribution < 1.29 is 82.7 Å². The largest absolute Gasteiger partial charge is 1.00 e. The minimum atomic E-state index is -0.547. The Morgan fingerprint density at radius 3 is 1.38 bits per heavy atom. The molecule has 0 radical (unpaired) electrons. The normalized spacial score (nSPS) is 10.9. The number of nitrogens with two attached hydrogens (primary N) is 1. The number of rotatable bonds is 20. The van der Waals surface area contributed by atoms with Crippen molar-refractivity contribution in [2.75, 3.05) is 19.8 Å². The van der Waals surface area contributed by atoms with E-state index in [1.807, 2.05) is 145 Å². The van der Waals surface area contributed by atoms with E-state index in [1.54, 1.807) is 33.8 Å². The number of nitrogens with zero attached hydrogens (tertiary/aromatic N) is 8. The Morgan fingerprint density at radius 2 is 0.978 bits per heavy atom. The second-order valence-electron chi connectivity index (χ2n) is 19.3. The number of hydrazone groups is 1. The van der Waals surface area contributed by atoms with Gasteiger partial charge < -0.3 is 24.4 Å². The van der Waals surface area contributed by atoms with Crippen LogP contribution in [0, 0.1) is 20.8 Å². The number of hydrogen-bond acceptors (Lipinski definition) is 17. The maximum absolute atomic E-state index is 11.7. The van der Waals surface area contributed by atoms with Crippen LogP contribution in [0.5, 0.6) is 0 Å². The molecule has 0 unspecified atom stereocenters. The molecule has 0 bridgehead atoms. The molecular formula is C68H83N10NaO11. The van der Waals surface area contributed by atoms with Crippen molar-refractivity contribution in [2.45, 2.75) is 120 Å². The predicted octanol–water partition coefficient (Wildman–Crippen LogP) is 5.95. The molecule has 5 aromatic carbocycles. The van der Waals surface area contributed by atoms with Crippen LogP contribution in [0.15, 0.2) is 187 Å². The Morgan fingerprint density at radius 1 is 0.589 bits per heavy atom. The van der Waals surface area contributed by atoms with Gasteiger partial charge in [-0.1, -0.05) is 172 Å². The molecule has 1 aliphatic rings. The number of carbonyl (C=O) groups excluding carboxylic acids is 6. The molecule has 0 fully saturated rings. The van der Waals surface area contributed by atoms with Gasteiger partial charge in [0.1, 0.15) is 0 Å². The third-order valence-corrected chi connectivity index (χ3v) is 12.3. The Balaban J connectivity index is 0.000000369. The molecule has 0 spiro atoms. The summed E-state index contributed by atoms with van der Waals surface area (Å²) in [5, 5.41) is 38.0. The van der Waals surface area contributed by atoms with Crippen molar-refractivity contribution in [2.24, 2.45) is 10.9 Å². The van der Waals surface area contributed by atoms with Crippen LogP contribution in [-0.4, -0.2) is 95.0 Å². The summed E-state index contributed by atoms with van der Waals surface area (Å²) in [6, 6.07) is 56.0. The van der Waals surface area contributed by atoms with E-state index in [1.165, 1.54) is 33.1 Å². The molecule has 0 atom stereocenters. The number of ether oxygens (including phenoxy) is 3. The third kappa shape index (κ3) is 30.3. The number of aryl methyl sites for hydroxylation is 4. The summed E-state index contributed by atoms with van der Waals surface area (Å²) in [4.78, 5) is 61.5. The fourth-order valence-electron chi connectivity index (χ4n) is 7.99. The molecule has 4 N–H and O–H groups in total. The Kier molecular flexibility index (Phi) is 38.9. The molecule has 90 heavy (non-hydrogen) atoms. The van der Waals surface area contributed by atoms with Crippen LogP contribution in [0.3, 0.4) is 0 Å². The fourth-order valence-corrected chi connectivity index (χ4v) is 7.99. The summed E-state index contributed by atoms with van der Waals surface area (Å²) < 4.78 is 20.0. The summed E-state index contributed by atoms with van der Waals surface area (Å²) in [5.74, 6) is 3.31. The minimum absolute atomic E-state index is 0. The number of allylic oxidation sites excluding steroid dienone is 1. The van der Waals surface area contributed by atoms with Crippen LogP contribution < -0.4 is 45.9 Å². The van der Waals surface area contributed by atoms with Gasteiger partial charge in [0.2, 0.25) is 5.91 Å². The Bertz CT molecular complexity index is 3410. The van der Waals surface area contributed by atoms with Crippen molar-refractivity contribution >= 4 is 35.7 Å². The molecular weight excluding hydrogens is 1160 g/mol. The predicted molar refractivity (Wildman–Crippen MR) is 337 cm³/mol. The second-order valence-corrected chi connectivity index (χ2v) is 19.3. The summed E-state index contributed by atoms with van der Waals surface area (Å²) >= 11 is 0. The Hall–Kier alpha value is -8.92. The molecule has 9 rings (SSSR count). The number of benzene rings is 5. The Labute approximate surface area is 549 Å². The smallest absolute Gasteiger partial charge is 0.875 e. The number of aromatic nitrogens is 6. The van der Waals surface area contributed by atoms with Gasteiger partial charge in [-0.2, -0.15) is 30.0 Å². The number of aliphatic hydroxyl groups excluding tert-OH is 1. The molecule has 4 heterocycles. The number of amides is 1. The van der Waals surface area contributed by atoms with Crippen molar-refractivity contribution in [3.05, 3.63) is 244 Å². The van der Waals surface area contributed by atoms with Gasteiger partial charge in [0, 0.05) is 29.7 Å². The van der Waals surface area contributed by atoms with E-state index in [2.05, 4.69) is 91.6 Å². The van der Waals surface area contributed by atoms with Crippen molar-refractivity contribution in [3.63, 3.8) is 0 Å². The van der Waals surface area contributed by atoms with Gasteiger partial charge in [-0.05, 0) is 100 Å². The van der Waals surface area contributed by atoms with Crippen LogP contribution in [-0.2, 0) is 83.9 Å².